The van der Waals surface area contributed by atoms with Gasteiger partial charge in [-0.15, -0.1) is 0 Å². The summed E-state index contributed by atoms with van der Waals surface area (Å²) in [5.41, 5.74) is 2.86. The first-order valence-electron chi connectivity index (χ1n) is 11.7. The molecule has 0 radical (unpaired) electrons. The minimum absolute atomic E-state index is 0.00160. The molecule has 0 saturated heterocycles. The largest absolute Gasteiger partial charge is 0.496 e. The van der Waals surface area contributed by atoms with Crippen LogP contribution < -0.4 is 9.47 Å². The first-order valence-corrected chi connectivity index (χ1v) is 11.7. The fraction of sp³-hybridized carbons (Fsp3) is 0.679. The standard InChI is InChI=1S/C28H44O4/c1-17-19(16-32-25(29)27(6,7)8)13-21(18(2)28(17,9)10)24-22(30-11)14-20(26(3,4)5)15-23(24)31-12/h13-15,17-18,21H,16H2,1-12H3/t17-,18+,21+/m1/s1. The van der Waals surface area contributed by atoms with Gasteiger partial charge in [0.1, 0.15) is 18.1 Å². The van der Waals surface area contributed by atoms with Crippen LogP contribution in [-0.2, 0) is 14.9 Å². The Kier molecular flexibility index (Phi) is 7.48. The molecule has 4 nitrogen and oxygen atoms in total. The van der Waals surface area contributed by atoms with Crippen molar-refractivity contribution in [2.75, 3.05) is 20.8 Å². The maximum absolute atomic E-state index is 12.4. The van der Waals surface area contributed by atoms with Crippen LogP contribution in [0.3, 0.4) is 0 Å². The highest BCUT2D eigenvalue weighted by atomic mass is 16.5. The molecule has 1 aromatic rings. The van der Waals surface area contributed by atoms with Gasteiger partial charge >= 0.3 is 5.97 Å². The lowest BCUT2D eigenvalue weighted by atomic mass is 9.58. The van der Waals surface area contributed by atoms with E-state index < -0.39 is 5.41 Å². The number of hydrogen-bond acceptors (Lipinski definition) is 4. The lowest BCUT2D eigenvalue weighted by molar-refractivity contribution is -0.152. The monoisotopic (exact) mass is 444 g/mol. The molecular weight excluding hydrogens is 400 g/mol. The van der Waals surface area contributed by atoms with Crippen LogP contribution in [0.5, 0.6) is 11.5 Å². The van der Waals surface area contributed by atoms with Crippen molar-refractivity contribution in [3.05, 3.63) is 34.9 Å². The third-order valence-electron chi connectivity index (χ3n) is 7.50. The first-order chi connectivity index (χ1) is 14.6. The van der Waals surface area contributed by atoms with Gasteiger partial charge in [-0.3, -0.25) is 4.79 Å². The zero-order chi connectivity index (χ0) is 24.6. The van der Waals surface area contributed by atoms with Crippen LogP contribution in [0.4, 0.5) is 0 Å². The van der Waals surface area contributed by atoms with Gasteiger partial charge in [-0.25, -0.2) is 0 Å². The number of carbonyl (C=O) groups is 1. The van der Waals surface area contributed by atoms with Crippen LogP contribution in [0.15, 0.2) is 23.8 Å². The molecule has 1 aliphatic carbocycles. The van der Waals surface area contributed by atoms with Crippen molar-refractivity contribution < 1.29 is 19.0 Å². The zero-order valence-corrected chi connectivity index (χ0v) is 22.3. The van der Waals surface area contributed by atoms with E-state index >= 15 is 0 Å². The molecule has 0 unspecified atom stereocenters. The Balaban J connectivity index is 2.61. The molecule has 0 aliphatic heterocycles. The molecule has 0 amide bonds. The lowest BCUT2D eigenvalue weighted by Gasteiger charge is -2.47. The van der Waals surface area contributed by atoms with Crippen LogP contribution in [0, 0.1) is 22.7 Å². The maximum Gasteiger partial charge on any atom is 0.311 e. The van der Waals surface area contributed by atoms with Crippen molar-refractivity contribution in [1.82, 2.24) is 0 Å². The molecule has 0 N–H and O–H groups in total. The predicted octanol–water partition coefficient (Wildman–Crippen LogP) is 6.91. The Morgan fingerprint density at radius 3 is 1.88 bits per heavy atom. The molecule has 0 fully saturated rings. The van der Waals surface area contributed by atoms with Crippen molar-refractivity contribution in [3.63, 3.8) is 0 Å². The summed E-state index contributed by atoms with van der Waals surface area (Å²) in [5, 5.41) is 0. The molecule has 2 rings (SSSR count). The Morgan fingerprint density at radius 1 is 0.969 bits per heavy atom. The number of ether oxygens (including phenoxy) is 3. The number of esters is 1. The van der Waals surface area contributed by atoms with Crippen molar-refractivity contribution in [2.45, 2.75) is 80.6 Å². The molecular formula is C28H44O4. The minimum Gasteiger partial charge on any atom is -0.496 e. The van der Waals surface area contributed by atoms with Gasteiger partial charge in [0, 0.05) is 11.5 Å². The Bertz CT molecular complexity index is 839. The average Bonchev–Trinajstić information content (AvgIpc) is 2.69. The van der Waals surface area contributed by atoms with Crippen LogP contribution in [0.25, 0.3) is 0 Å². The Hall–Kier alpha value is -1.97. The number of methoxy groups -OCH3 is 2. The van der Waals surface area contributed by atoms with Gasteiger partial charge in [0.25, 0.3) is 0 Å². The Labute approximate surface area is 195 Å². The summed E-state index contributed by atoms with van der Waals surface area (Å²) in [7, 11) is 3.45. The smallest absolute Gasteiger partial charge is 0.311 e. The SMILES string of the molecule is COc1cc(C(C)(C)C)cc(OC)c1[C@H]1C=C(COC(=O)C(C)(C)C)[C@@H](C)C(C)(C)[C@H]1C. The van der Waals surface area contributed by atoms with Crippen molar-refractivity contribution in [1.29, 1.82) is 0 Å². The van der Waals surface area contributed by atoms with E-state index in [1.807, 2.05) is 20.8 Å². The number of allylic oxidation sites excluding steroid dienone is 1. The highest BCUT2D eigenvalue weighted by Gasteiger charge is 2.44. The second kappa shape index (κ2) is 9.11. The highest BCUT2D eigenvalue weighted by molar-refractivity contribution is 5.75. The number of hydrogen-bond donors (Lipinski definition) is 0. The number of benzene rings is 1. The summed E-state index contributed by atoms with van der Waals surface area (Å²) in [4.78, 5) is 12.4. The number of rotatable bonds is 5. The fourth-order valence-electron chi connectivity index (χ4n) is 4.43. The van der Waals surface area contributed by atoms with E-state index in [2.05, 4.69) is 66.7 Å². The molecule has 1 aliphatic rings. The molecule has 3 atom stereocenters. The quantitative estimate of drug-likeness (QED) is 0.365. The van der Waals surface area contributed by atoms with Gasteiger partial charge in [-0.2, -0.15) is 0 Å². The minimum atomic E-state index is -0.518. The normalized spacial score (nSPS) is 23.4. The second-order valence-corrected chi connectivity index (χ2v) is 12.0. The molecule has 0 aromatic heterocycles. The van der Waals surface area contributed by atoms with Gasteiger partial charge in [0.2, 0.25) is 0 Å². The van der Waals surface area contributed by atoms with Crippen molar-refractivity contribution in [2.24, 2.45) is 22.7 Å². The van der Waals surface area contributed by atoms with Crippen molar-refractivity contribution >= 4 is 5.97 Å². The van der Waals surface area contributed by atoms with Gasteiger partial charge in [0.15, 0.2) is 0 Å². The van der Waals surface area contributed by atoms with E-state index in [1.54, 1.807) is 14.2 Å². The summed E-state index contributed by atoms with van der Waals surface area (Å²) >= 11 is 0. The topological polar surface area (TPSA) is 44.8 Å². The summed E-state index contributed by atoms with van der Waals surface area (Å²) in [6.07, 6.45) is 2.29. The summed E-state index contributed by atoms with van der Waals surface area (Å²) < 4.78 is 17.5. The molecule has 180 valence electrons. The third kappa shape index (κ3) is 5.15. The van der Waals surface area contributed by atoms with Crippen LogP contribution >= 0.6 is 0 Å². The molecule has 1 aromatic carbocycles. The van der Waals surface area contributed by atoms with Crippen LogP contribution in [-0.4, -0.2) is 26.8 Å². The van der Waals surface area contributed by atoms with Gasteiger partial charge in [-0.05, 0) is 66.7 Å². The maximum atomic E-state index is 12.4. The Morgan fingerprint density at radius 2 is 1.47 bits per heavy atom. The average molecular weight is 445 g/mol. The molecule has 0 heterocycles. The second-order valence-electron chi connectivity index (χ2n) is 12.0. The lowest BCUT2D eigenvalue weighted by Crippen LogP contribution is -2.39. The molecule has 0 spiro atoms. The molecule has 0 bridgehead atoms. The molecule has 4 heteroatoms. The summed E-state index contributed by atoms with van der Waals surface area (Å²) in [6.45, 7) is 21.7. The summed E-state index contributed by atoms with van der Waals surface area (Å²) in [5.74, 6) is 2.22. The first kappa shape index (κ1) is 26.3. The predicted molar refractivity (Wildman–Crippen MR) is 132 cm³/mol. The fourth-order valence-corrected chi connectivity index (χ4v) is 4.43. The highest BCUT2D eigenvalue weighted by Crippen LogP contribution is 2.54. The van der Waals surface area contributed by atoms with Crippen molar-refractivity contribution in [3.8, 4) is 11.5 Å². The molecule has 32 heavy (non-hydrogen) atoms. The van der Waals surface area contributed by atoms with Gasteiger partial charge < -0.3 is 14.2 Å². The van der Waals surface area contributed by atoms with E-state index in [0.29, 0.717) is 12.5 Å². The van der Waals surface area contributed by atoms with Gasteiger partial charge in [0.05, 0.1) is 19.6 Å². The van der Waals surface area contributed by atoms with E-state index in [9.17, 15) is 4.79 Å². The van der Waals surface area contributed by atoms with E-state index in [4.69, 9.17) is 14.2 Å². The number of carbonyl (C=O) groups excluding carboxylic acids is 1. The van der Waals surface area contributed by atoms with E-state index in [0.717, 1.165) is 22.6 Å². The van der Waals surface area contributed by atoms with Crippen LogP contribution in [0.2, 0.25) is 0 Å². The zero-order valence-electron chi connectivity index (χ0n) is 22.3. The third-order valence-corrected chi connectivity index (χ3v) is 7.50. The molecule has 0 saturated carbocycles. The van der Waals surface area contributed by atoms with E-state index in [1.165, 1.54) is 5.56 Å². The summed E-state index contributed by atoms with van der Waals surface area (Å²) in [6, 6.07) is 4.28. The van der Waals surface area contributed by atoms with E-state index in [-0.39, 0.29) is 28.6 Å². The van der Waals surface area contributed by atoms with Crippen LogP contribution in [0.1, 0.15) is 86.3 Å². The van der Waals surface area contributed by atoms with Gasteiger partial charge in [-0.1, -0.05) is 54.5 Å².